The smallest absolute Gasteiger partial charge is 0.243 e. The Bertz CT molecular complexity index is 1150. The predicted octanol–water partition coefficient (Wildman–Crippen LogP) is 3.48. The van der Waals surface area contributed by atoms with Crippen LogP contribution in [0.1, 0.15) is 28.1 Å². The van der Waals surface area contributed by atoms with Gasteiger partial charge in [0.1, 0.15) is 0 Å². The topological polar surface area (TPSA) is 79.5 Å². The van der Waals surface area contributed by atoms with E-state index >= 15 is 0 Å². The minimum Gasteiger partial charge on any atom is -0.338 e. The molecule has 1 aliphatic heterocycles. The van der Waals surface area contributed by atoms with Crippen molar-refractivity contribution in [3.8, 4) is 11.4 Å². The van der Waals surface area contributed by atoms with Crippen molar-refractivity contribution >= 4 is 10.0 Å². The molecule has 8 heteroatoms. The summed E-state index contributed by atoms with van der Waals surface area (Å²) in [5.74, 6) is 1.11. The number of aryl methyl sites for hydroxylation is 2. The second-order valence-electron chi connectivity index (χ2n) is 8.15. The van der Waals surface area contributed by atoms with E-state index < -0.39 is 10.0 Å². The quantitative estimate of drug-likeness (QED) is 0.604. The molecule has 1 aromatic heterocycles. The van der Waals surface area contributed by atoms with Crippen LogP contribution >= 0.6 is 0 Å². The molecule has 164 valence electrons. The Kier molecular flexibility index (Phi) is 5.96. The molecule has 0 N–H and O–H groups in total. The molecular formula is C23H28N4O3S. The lowest BCUT2D eigenvalue weighted by Crippen LogP contribution is -2.48. The highest BCUT2D eigenvalue weighted by atomic mass is 32.2. The lowest BCUT2D eigenvalue weighted by Gasteiger charge is -2.34. The van der Waals surface area contributed by atoms with Crippen molar-refractivity contribution in [3.63, 3.8) is 0 Å². The standard InChI is InChI=1S/C23H28N4O3S/c1-16-14-17(2)19(4)22(18(16)3)31(28,29)27-12-10-26(11-13-27)15-21-24-23(25-30-21)20-8-6-5-7-9-20/h5-9,14H,10-13,15H2,1-4H3. The molecule has 2 heterocycles. The van der Waals surface area contributed by atoms with E-state index in [4.69, 9.17) is 4.52 Å². The van der Waals surface area contributed by atoms with Crippen LogP contribution in [0, 0.1) is 27.7 Å². The van der Waals surface area contributed by atoms with Gasteiger partial charge in [0.25, 0.3) is 0 Å². The molecule has 2 aromatic carbocycles. The van der Waals surface area contributed by atoms with Crippen molar-refractivity contribution < 1.29 is 12.9 Å². The number of sulfonamides is 1. The zero-order chi connectivity index (χ0) is 22.2. The Morgan fingerprint density at radius 3 is 2.16 bits per heavy atom. The Hall–Kier alpha value is -2.55. The van der Waals surface area contributed by atoms with Gasteiger partial charge in [-0.3, -0.25) is 4.90 Å². The molecule has 0 amide bonds. The Morgan fingerprint density at radius 2 is 1.55 bits per heavy atom. The average molecular weight is 441 g/mol. The lowest BCUT2D eigenvalue weighted by atomic mass is 10.0. The summed E-state index contributed by atoms with van der Waals surface area (Å²) >= 11 is 0. The van der Waals surface area contributed by atoms with Crippen molar-refractivity contribution in [3.05, 3.63) is 64.5 Å². The van der Waals surface area contributed by atoms with E-state index in [0.717, 1.165) is 27.8 Å². The highest BCUT2D eigenvalue weighted by Crippen LogP contribution is 2.29. The third-order valence-corrected chi connectivity index (χ3v) is 8.26. The first-order chi connectivity index (χ1) is 14.8. The molecule has 0 saturated carbocycles. The van der Waals surface area contributed by atoms with Gasteiger partial charge in [-0.2, -0.15) is 9.29 Å². The predicted molar refractivity (Wildman–Crippen MR) is 119 cm³/mol. The fourth-order valence-corrected chi connectivity index (χ4v) is 6.04. The van der Waals surface area contributed by atoms with E-state index in [-0.39, 0.29) is 0 Å². The maximum absolute atomic E-state index is 13.4. The van der Waals surface area contributed by atoms with Crippen LogP contribution in [-0.2, 0) is 16.6 Å². The number of rotatable bonds is 5. The Labute approximate surface area is 183 Å². The van der Waals surface area contributed by atoms with Gasteiger partial charge in [0.15, 0.2) is 0 Å². The maximum atomic E-state index is 13.4. The second-order valence-corrected chi connectivity index (χ2v) is 10.0. The summed E-state index contributed by atoms with van der Waals surface area (Å²) in [4.78, 5) is 7.09. The van der Waals surface area contributed by atoms with Gasteiger partial charge in [-0.05, 0) is 49.9 Å². The molecule has 0 spiro atoms. The minimum absolute atomic E-state index is 0.438. The van der Waals surface area contributed by atoms with Crippen molar-refractivity contribution in [2.45, 2.75) is 39.1 Å². The van der Waals surface area contributed by atoms with Crippen LogP contribution in [0.25, 0.3) is 11.4 Å². The van der Waals surface area contributed by atoms with Crippen LogP contribution in [0.3, 0.4) is 0 Å². The minimum atomic E-state index is -3.54. The largest absolute Gasteiger partial charge is 0.338 e. The van der Waals surface area contributed by atoms with Gasteiger partial charge < -0.3 is 4.52 Å². The van der Waals surface area contributed by atoms with Gasteiger partial charge in [0.2, 0.25) is 21.7 Å². The number of aromatic nitrogens is 2. The summed E-state index contributed by atoms with van der Waals surface area (Å²) in [5, 5.41) is 4.06. The van der Waals surface area contributed by atoms with Crippen LogP contribution in [0.2, 0.25) is 0 Å². The number of nitrogens with zero attached hydrogens (tertiary/aromatic N) is 4. The van der Waals surface area contributed by atoms with E-state index in [2.05, 4.69) is 21.1 Å². The van der Waals surface area contributed by atoms with Gasteiger partial charge in [0, 0.05) is 31.7 Å². The third-order valence-electron chi connectivity index (χ3n) is 6.09. The van der Waals surface area contributed by atoms with Gasteiger partial charge in [-0.1, -0.05) is 41.6 Å². The number of piperazine rings is 1. The molecule has 0 bridgehead atoms. The molecule has 7 nitrogen and oxygen atoms in total. The fourth-order valence-electron chi connectivity index (χ4n) is 4.04. The van der Waals surface area contributed by atoms with Gasteiger partial charge in [-0.25, -0.2) is 8.42 Å². The zero-order valence-electron chi connectivity index (χ0n) is 18.4. The third kappa shape index (κ3) is 4.28. The van der Waals surface area contributed by atoms with Crippen LogP contribution in [0.5, 0.6) is 0 Å². The summed E-state index contributed by atoms with van der Waals surface area (Å²) < 4.78 is 33.9. The number of hydrogen-bond acceptors (Lipinski definition) is 6. The molecule has 0 atom stereocenters. The highest BCUT2D eigenvalue weighted by Gasteiger charge is 2.32. The molecule has 31 heavy (non-hydrogen) atoms. The first-order valence-corrected chi connectivity index (χ1v) is 11.9. The molecule has 1 saturated heterocycles. The number of benzene rings is 2. The molecule has 4 rings (SSSR count). The van der Waals surface area contributed by atoms with Gasteiger partial charge in [0.05, 0.1) is 11.4 Å². The first kappa shape index (κ1) is 21.7. The fraction of sp³-hybridized carbons (Fsp3) is 0.391. The zero-order valence-corrected chi connectivity index (χ0v) is 19.2. The SMILES string of the molecule is Cc1cc(C)c(C)c(S(=O)(=O)N2CCN(Cc3nc(-c4ccccc4)no3)CC2)c1C. The first-order valence-electron chi connectivity index (χ1n) is 10.5. The van der Waals surface area contributed by atoms with Crippen molar-refractivity contribution in [1.82, 2.24) is 19.3 Å². The van der Waals surface area contributed by atoms with Crippen LogP contribution in [0.15, 0.2) is 45.8 Å². The van der Waals surface area contributed by atoms with Crippen LogP contribution < -0.4 is 0 Å². The molecule has 1 aliphatic rings. The highest BCUT2D eigenvalue weighted by molar-refractivity contribution is 7.89. The van der Waals surface area contributed by atoms with E-state index in [1.165, 1.54) is 0 Å². The van der Waals surface area contributed by atoms with Crippen molar-refractivity contribution in [1.29, 1.82) is 0 Å². The lowest BCUT2D eigenvalue weighted by molar-refractivity contribution is 0.163. The molecular weight excluding hydrogens is 412 g/mol. The number of hydrogen-bond donors (Lipinski definition) is 0. The monoisotopic (exact) mass is 440 g/mol. The molecule has 0 aliphatic carbocycles. The van der Waals surface area contributed by atoms with Gasteiger partial charge in [-0.15, -0.1) is 0 Å². The normalized spacial score (nSPS) is 16.0. The van der Waals surface area contributed by atoms with Crippen molar-refractivity contribution in [2.75, 3.05) is 26.2 Å². The molecule has 1 fully saturated rings. The Morgan fingerprint density at radius 1 is 0.935 bits per heavy atom. The van der Waals surface area contributed by atoms with Crippen LogP contribution in [0.4, 0.5) is 0 Å². The molecule has 3 aromatic rings. The summed E-state index contributed by atoms with van der Waals surface area (Å²) in [7, 11) is -3.54. The van der Waals surface area contributed by atoms with Gasteiger partial charge >= 0.3 is 0 Å². The van der Waals surface area contributed by atoms with E-state index in [0.29, 0.717) is 49.3 Å². The summed E-state index contributed by atoms with van der Waals surface area (Å²) in [6.45, 7) is 10.3. The average Bonchev–Trinajstić information content (AvgIpc) is 3.22. The summed E-state index contributed by atoms with van der Waals surface area (Å²) in [6.07, 6.45) is 0. The van der Waals surface area contributed by atoms with Crippen LogP contribution in [-0.4, -0.2) is 53.9 Å². The summed E-state index contributed by atoms with van der Waals surface area (Å²) in [5.41, 5.74) is 4.60. The molecule has 0 radical (unpaired) electrons. The summed E-state index contributed by atoms with van der Waals surface area (Å²) in [6, 6.07) is 11.7. The van der Waals surface area contributed by atoms with Crippen molar-refractivity contribution in [2.24, 2.45) is 0 Å². The Balaban J connectivity index is 1.44. The van der Waals surface area contributed by atoms with E-state index in [1.807, 2.05) is 58.0 Å². The second kappa shape index (κ2) is 8.53. The maximum Gasteiger partial charge on any atom is 0.243 e. The molecule has 0 unspecified atom stereocenters. The van der Waals surface area contributed by atoms with E-state index in [1.54, 1.807) is 4.31 Å². The van der Waals surface area contributed by atoms with E-state index in [9.17, 15) is 8.42 Å².